The molecule has 202 valence electrons. The molecule has 0 fully saturated rings. The third kappa shape index (κ3) is 7.70. The van der Waals surface area contributed by atoms with Gasteiger partial charge in [0.2, 0.25) is 0 Å². The predicted molar refractivity (Wildman–Crippen MR) is 151 cm³/mol. The summed E-state index contributed by atoms with van der Waals surface area (Å²) in [6.07, 6.45) is 1.09. The molecule has 1 heterocycles. The molecule has 0 amide bonds. The minimum Gasteiger partial charge on any atom is -0.488 e. The highest BCUT2D eigenvalue weighted by atomic mass is 35.5. The summed E-state index contributed by atoms with van der Waals surface area (Å²) in [5.74, 6) is -1.40. The maximum absolute atomic E-state index is 13.3. The van der Waals surface area contributed by atoms with Crippen molar-refractivity contribution in [3.8, 4) is 11.8 Å². The average Bonchev–Trinajstić information content (AvgIpc) is 3.22. The fourth-order valence-electron chi connectivity index (χ4n) is 3.68. The zero-order chi connectivity index (χ0) is 28.5. The van der Waals surface area contributed by atoms with Crippen LogP contribution < -0.4 is 4.74 Å². The lowest BCUT2D eigenvalue weighted by Crippen LogP contribution is -2.12. The van der Waals surface area contributed by atoms with E-state index in [-0.39, 0.29) is 42.3 Å². The first-order valence-corrected chi connectivity index (χ1v) is 13.5. The summed E-state index contributed by atoms with van der Waals surface area (Å²) in [6, 6.07) is 14.0. The number of ketones is 1. The number of hydrogen-bond donors (Lipinski definition) is 0. The van der Waals surface area contributed by atoms with Crippen LogP contribution in [0.3, 0.4) is 0 Å². The van der Waals surface area contributed by atoms with Crippen molar-refractivity contribution in [3.05, 3.63) is 90.1 Å². The van der Waals surface area contributed by atoms with Crippen molar-refractivity contribution < 1.29 is 28.6 Å². The van der Waals surface area contributed by atoms with Crippen molar-refractivity contribution >= 4 is 58.3 Å². The average molecular weight is 586 g/mol. The van der Waals surface area contributed by atoms with Gasteiger partial charge in [-0.25, -0.2) is 9.59 Å². The van der Waals surface area contributed by atoms with Crippen LogP contribution in [-0.2, 0) is 27.3 Å². The molecule has 0 aliphatic carbocycles. The molecule has 10 heteroatoms. The minimum absolute atomic E-state index is 0.117. The second-order valence-corrected chi connectivity index (χ2v) is 10.1. The van der Waals surface area contributed by atoms with E-state index in [9.17, 15) is 19.6 Å². The van der Waals surface area contributed by atoms with Gasteiger partial charge in [0, 0.05) is 26.9 Å². The van der Waals surface area contributed by atoms with Gasteiger partial charge in [0.05, 0.1) is 24.4 Å². The van der Waals surface area contributed by atoms with Crippen LogP contribution in [-0.4, -0.2) is 30.9 Å². The van der Waals surface area contributed by atoms with E-state index in [1.807, 2.05) is 12.1 Å². The van der Waals surface area contributed by atoms with Crippen molar-refractivity contribution in [3.63, 3.8) is 0 Å². The summed E-state index contributed by atoms with van der Waals surface area (Å²) in [7, 11) is 0. The summed E-state index contributed by atoms with van der Waals surface area (Å²) in [5.41, 5.74) is 1.58. The number of nitriles is 1. The zero-order valence-electron chi connectivity index (χ0n) is 21.5. The number of hydrogen-bond acceptors (Lipinski definition) is 8. The molecule has 39 heavy (non-hydrogen) atoms. The molecule has 3 rings (SSSR count). The number of rotatable bonds is 11. The highest BCUT2D eigenvalue weighted by Gasteiger charge is 2.28. The van der Waals surface area contributed by atoms with Crippen LogP contribution in [0.1, 0.15) is 55.4 Å². The molecular weight excluding hydrogens is 561 g/mol. The number of allylic oxidation sites excluding steroid dienone is 1. The Morgan fingerprint density at radius 3 is 2.36 bits per heavy atom. The molecule has 0 saturated heterocycles. The van der Waals surface area contributed by atoms with E-state index in [0.29, 0.717) is 31.8 Å². The Morgan fingerprint density at radius 2 is 1.69 bits per heavy atom. The molecule has 0 radical (unpaired) electrons. The third-order valence-electron chi connectivity index (χ3n) is 5.46. The van der Waals surface area contributed by atoms with Crippen LogP contribution in [0, 0.1) is 18.3 Å². The second kappa shape index (κ2) is 13.9. The van der Waals surface area contributed by atoms with Gasteiger partial charge in [0.1, 0.15) is 23.3 Å². The van der Waals surface area contributed by atoms with E-state index in [0.717, 1.165) is 16.9 Å². The quantitative estimate of drug-likeness (QED) is 0.135. The molecule has 0 saturated carbocycles. The number of nitrogens with zero attached hydrogens (tertiary/aromatic N) is 1. The molecule has 0 aliphatic rings. The van der Waals surface area contributed by atoms with Crippen molar-refractivity contribution in [1.82, 2.24) is 0 Å². The fourth-order valence-corrected chi connectivity index (χ4v) is 5.26. The van der Waals surface area contributed by atoms with Gasteiger partial charge >= 0.3 is 11.9 Å². The Morgan fingerprint density at radius 1 is 1.00 bits per heavy atom. The number of esters is 2. The number of carbonyl (C=O) groups is 3. The highest BCUT2D eigenvalue weighted by Crippen LogP contribution is 2.32. The van der Waals surface area contributed by atoms with Gasteiger partial charge in [-0.2, -0.15) is 5.26 Å². The third-order valence-corrected chi connectivity index (χ3v) is 7.20. The SMILES string of the molecule is CCOC(=O)c1sc(CC(=O)C(C#N)=Cc2cc(Cl)ccc2OCc2cccc(Cl)c2)c(C(=O)OCC)c1C. The maximum atomic E-state index is 13.3. The Labute approximate surface area is 240 Å². The number of carbonyl (C=O) groups excluding carboxylic acids is 3. The van der Waals surface area contributed by atoms with E-state index < -0.39 is 17.7 Å². The second-order valence-electron chi connectivity index (χ2n) is 8.17. The lowest BCUT2D eigenvalue weighted by atomic mass is 10.0. The van der Waals surface area contributed by atoms with Gasteiger partial charge in [-0.3, -0.25) is 4.79 Å². The van der Waals surface area contributed by atoms with Crippen LogP contribution in [0.2, 0.25) is 10.0 Å². The Bertz CT molecular complexity index is 1470. The standard InChI is InChI=1S/C29H25Cl2NO6S/c1-4-36-28(34)26-17(3)27(29(35)37-5-2)39-25(26)14-23(33)20(15-32)12-19-13-22(31)9-10-24(19)38-16-18-7-6-8-21(30)11-18/h6-13H,4-5,14,16H2,1-3H3. The number of halogens is 2. The van der Waals surface area contributed by atoms with Gasteiger partial charge in [-0.15, -0.1) is 11.3 Å². The van der Waals surface area contributed by atoms with E-state index in [1.54, 1.807) is 57.2 Å². The summed E-state index contributed by atoms with van der Waals surface area (Å²) in [5, 5.41) is 10.8. The Hall–Kier alpha value is -3.64. The van der Waals surface area contributed by atoms with E-state index in [4.69, 9.17) is 37.4 Å². The fraction of sp³-hybridized carbons (Fsp3) is 0.241. The smallest absolute Gasteiger partial charge is 0.348 e. The van der Waals surface area contributed by atoms with Crippen LogP contribution >= 0.6 is 34.5 Å². The number of benzene rings is 2. The van der Waals surface area contributed by atoms with Gasteiger partial charge in [0.25, 0.3) is 0 Å². The lowest BCUT2D eigenvalue weighted by molar-refractivity contribution is -0.114. The minimum atomic E-state index is -0.654. The molecule has 0 spiro atoms. The van der Waals surface area contributed by atoms with Crippen molar-refractivity contribution in [2.24, 2.45) is 0 Å². The summed E-state index contributed by atoms with van der Waals surface area (Å²) >= 11 is 13.2. The summed E-state index contributed by atoms with van der Waals surface area (Å²) in [6.45, 7) is 5.40. The Balaban J connectivity index is 1.93. The molecular formula is C29H25Cl2NO6S. The van der Waals surface area contributed by atoms with Crippen LogP contribution in [0.15, 0.2) is 48.0 Å². The molecule has 0 unspecified atom stereocenters. The van der Waals surface area contributed by atoms with Crippen LogP contribution in [0.25, 0.3) is 6.08 Å². The molecule has 3 aromatic rings. The molecule has 0 aliphatic heterocycles. The largest absolute Gasteiger partial charge is 0.488 e. The Kier molecular flexibility index (Phi) is 10.7. The van der Waals surface area contributed by atoms with E-state index in [1.165, 1.54) is 6.08 Å². The van der Waals surface area contributed by atoms with Gasteiger partial charge in [-0.05, 0) is 68.3 Å². The molecule has 7 nitrogen and oxygen atoms in total. The van der Waals surface area contributed by atoms with Gasteiger partial charge in [-0.1, -0.05) is 35.3 Å². The lowest BCUT2D eigenvalue weighted by Gasteiger charge is -2.11. The van der Waals surface area contributed by atoms with E-state index >= 15 is 0 Å². The first-order chi connectivity index (χ1) is 18.7. The molecule has 0 atom stereocenters. The zero-order valence-corrected chi connectivity index (χ0v) is 23.8. The van der Waals surface area contributed by atoms with Crippen molar-refractivity contribution in [1.29, 1.82) is 5.26 Å². The number of ether oxygens (including phenoxy) is 3. The molecule has 1 aromatic heterocycles. The van der Waals surface area contributed by atoms with Crippen LogP contribution in [0.4, 0.5) is 0 Å². The number of Topliss-reactive ketones (excluding diaryl/α,β-unsaturated/α-hetero) is 1. The van der Waals surface area contributed by atoms with Gasteiger partial charge < -0.3 is 14.2 Å². The molecule has 0 N–H and O–H groups in total. The van der Waals surface area contributed by atoms with Crippen molar-refractivity contribution in [2.75, 3.05) is 13.2 Å². The topological polar surface area (TPSA) is 103 Å². The van der Waals surface area contributed by atoms with Crippen LogP contribution in [0.5, 0.6) is 5.75 Å². The maximum Gasteiger partial charge on any atom is 0.348 e. The van der Waals surface area contributed by atoms with Gasteiger partial charge in [0.15, 0.2) is 5.78 Å². The summed E-state index contributed by atoms with van der Waals surface area (Å²) in [4.78, 5) is 38.9. The summed E-state index contributed by atoms with van der Waals surface area (Å²) < 4.78 is 16.2. The van der Waals surface area contributed by atoms with E-state index in [2.05, 4.69) is 0 Å². The first kappa shape index (κ1) is 29.9. The number of thiophene rings is 1. The normalized spacial score (nSPS) is 11.0. The monoisotopic (exact) mass is 585 g/mol. The highest BCUT2D eigenvalue weighted by molar-refractivity contribution is 7.14. The molecule has 0 bridgehead atoms. The van der Waals surface area contributed by atoms with Crippen molar-refractivity contribution in [2.45, 2.75) is 33.8 Å². The first-order valence-electron chi connectivity index (χ1n) is 12.0. The predicted octanol–water partition coefficient (Wildman–Crippen LogP) is 7.01. The molecule has 2 aromatic carbocycles.